The second kappa shape index (κ2) is 12.9. The maximum absolute atomic E-state index is 13.0. The first-order valence-corrected chi connectivity index (χ1v) is 13.9. The number of carbonyl (C=O) groups is 4. The predicted octanol–water partition coefficient (Wildman–Crippen LogP) is 4.66. The minimum absolute atomic E-state index is 0.0166. The topological polar surface area (TPSA) is 203 Å². The van der Waals surface area contributed by atoms with Crippen LogP contribution in [0.3, 0.4) is 0 Å². The van der Waals surface area contributed by atoms with Crippen LogP contribution in [0.4, 0.5) is 4.79 Å². The van der Waals surface area contributed by atoms with Crippen molar-refractivity contribution in [3.05, 3.63) is 71.3 Å². The third-order valence-corrected chi connectivity index (χ3v) is 7.00. The Morgan fingerprint density at radius 2 is 1.65 bits per heavy atom. The summed E-state index contributed by atoms with van der Waals surface area (Å²) in [4.78, 5) is 50.4. The minimum atomic E-state index is -1.24. The second-order valence-electron chi connectivity index (χ2n) is 11.3. The fourth-order valence-corrected chi connectivity index (χ4v) is 4.89. The molecule has 46 heavy (non-hydrogen) atoms. The Balaban J connectivity index is 2.10. The Bertz CT molecular complexity index is 1910. The molecule has 1 aromatic heterocycles. The number of methoxy groups -OCH3 is 2. The molecule has 1 heterocycles. The number of primary amides is 1. The molecule has 0 aliphatic carbocycles. The summed E-state index contributed by atoms with van der Waals surface area (Å²) in [6.07, 6.45) is -1.28. The number of phenols is 2. The van der Waals surface area contributed by atoms with E-state index in [2.05, 4.69) is 11.5 Å². The number of carbonyl (C=O) groups excluding carboxylic acids is 4. The highest BCUT2D eigenvalue weighted by Crippen LogP contribution is 2.45. The van der Waals surface area contributed by atoms with Gasteiger partial charge in [0.05, 0.1) is 49.4 Å². The molecule has 0 bridgehead atoms. The fourth-order valence-electron chi connectivity index (χ4n) is 4.89. The highest BCUT2D eigenvalue weighted by atomic mass is 16.6. The van der Waals surface area contributed by atoms with Crippen LogP contribution in [0.5, 0.6) is 11.5 Å². The van der Waals surface area contributed by atoms with Crippen molar-refractivity contribution >= 4 is 34.8 Å². The number of amides is 2. The van der Waals surface area contributed by atoms with Gasteiger partial charge in [-0.05, 0) is 80.9 Å². The van der Waals surface area contributed by atoms with E-state index in [1.807, 2.05) is 0 Å². The molecule has 13 nitrogen and oxygen atoms in total. The zero-order valence-corrected chi connectivity index (χ0v) is 25.7. The van der Waals surface area contributed by atoms with E-state index in [0.717, 1.165) is 14.2 Å². The Morgan fingerprint density at radius 3 is 2.26 bits per heavy atom. The number of fused-ring (bicyclic) bond motifs is 1. The van der Waals surface area contributed by atoms with Gasteiger partial charge in [-0.25, -0.2) is 14.9 Å². The number of ether oxygens (including phenoxy) is 3. The molecule has 238 valence electrons. The number of rotatable bonds is 8. The van der Waals surface area contributed by atoms with Gasteiger partial charge in [-0.2, -0.15) is 5.26 Å². The number of benzene rings is 3. The molecule has 13 heteroatoms. The van der Waals surface area contributed by atoms with Crippen LogP contribution in [0.15, 0.2) is 54.6 Å². The summed E-state index contributed by atoms with van der Waals surface area (Å²) in [6.45, 7) is 5.05. The van der Waals surface area contributed by atoms with Gasteiger partial charge in [0.1, 0.15) is 17.1 Å². The van der Waals surface area contributed by atoms with Gasteiger partial charge in [-0.15, -0.1) is 0 Å². The van der Waals surface area contributed by atoms with Crippen molar-refractivity contribution in [1.29, 1.82) is 5.26 Å². The minimum Gasteiger partial charge on any atom is -0.507 e. The molecule has 0 aliphatic heterocycles. The monoisotopic (exact) mass is 628 g/mol. The van der Waals surface area contributed by atoms with Crippen molar-refractivity contribution in [1.82, 2.24) is 4.68 Å². The van der Waals surface area contributed by atoms with Crippen LogP contribution >= 0.6 is 0 Å². The summed E-state index contributed by atoms with van der Waals surface area (Å²) in [5.74, 6) is -4.33. The number of hydrogen-bond acceptors (Lipinski definition) is 10. The summed E-state index contributed by atoms with van der Waals surface area (Å²) >= 11 is 0. The molecule has 0 saturated carbocycles. The van der Waals surface area contributed by atoms with E-state index in [9.17, 15) is 34.7 Å². The van der Waals surface area contributed by atoms with Crippen LogP contribution < -0.4 is 11.2 Å². The molecule has 5 N–H and O–H groups in total. The maximum Gasteiger partial charge on any atom is 0.426 e. The summed E-state index contributed by atoms with van der Waals surface area (Å²) in [6, 6.07) is 14.9. The van der Waals surface area contributed by atoms with Gasteiger partial charge >= 0.3 is 18.0 Å². The third kappa shape index (κ3) is 6.86. The van der Waals surface area contributed by atoms with E-state index in [1.165, 1.54) is 41.1 Å². The zero-order chi connectivity index (χ0) is 33.9. The number of phenolic OH excluding ortho intramolecular Hbond substituents is 2. The van der Waals surface area contributed by atoms with Crippen molar-refractivity contribution in [2.24, 2.45) is 5.73 Å². The van der Waals surface area contributed by atoms with E-state index in [0.29, 0.717) is 16.5 Å². The van der Waals surface area contributed by atoms with Crippen molar-refractivity contribution in [3.63, 3.8) is 0 Å². The van der Waals surface area contributed by atoms with Crippen LogP contribution in [-0.4, -0.2) is 58.6 Å². The van der Waals surface area contributed by atoms with E-state index in [4.69, 9.17) is 19.9 Å². The smallest absolute Gasteiger partial charge is 0.426 e. The van der Waals surface area contributed by atoms with Gasteiger partial charge in [0.15, 0.2) is 0 Å². The van der Waals surface area contributed by atoms with Crippen molar-refractivity contribution in [2.75, 3.05) is 19.6 Å². The average Bonchev–Trinajstić information content (AvgIpc) is 3.35. The Hall–Kier alpha value is -6.03. The molecular weight excluding hydrogens is 596 g/mol. The molecule has 0 saturated heterocycles. The molecule has 2 amide bonds. The highest BCUT2D eigenvalue weighted by Gasteiger charge is 2.30. The average molecular weight is 629 g/mol. The highest BCUT2D eigenvalue weighted by molar-refractivity contribution is 5.98. The first-order chi connectivity index (χ1) is 21.7. The van der Waals surface area contributed by atoms with E-state index in [-0.39, 0.29) is 39.3 Å². The van der Waals surface area contributed by atoms with Gasteiger partial charge in [0.2, 0.25) is 5.91 Å². The summed E-state index contributed by atoms with van der Waals surface area (Å²) in [7, 11) is 2.31. The largest absolute Gasteiger partial charge is 0.507 e. The van der Waals surface area contributed by atoms with Gasteiger partial charge in [0, 0.05) is 27.6 Å². The standard InChI is InChI=1S/C33H32N4O9/c1-33(2,3)46-32(43)36-37-25-8-6-17(16-34)10-20(25)14-26(37)24-13-19(21(31(42)45-5)15-28(39)44-4)12-23(29(24)40)22-11-18(30(35)41)7-9-27(22)38/h6-14,21,38,40H,15H2,1-5H3,(H2,35,41)(H,36,43). The lowest BCUT2D eigenvalue weighted by molar-refractivity contribution is -0.149. The van der Waals surface area contributed by atoms with E-state index in [1.54, 1.807) is 39.0 Å². The quantitative estimate of drug-likeness (QED) is 0.157. The molecule has 1 atom stereocenters. The molecule has 0 radical (unpaired) electrons. The summed E-state index contributed by atoms with van der Waals surface area (Å²) < 4.78 is 16.6. The predicted molar refractivity (Wildman–Crippen MR) is 166 cm³/mol. The number of nitrogens with one attached hydrogen (secondary N) is 1. The number of hydrogen-bond donors (Lipinski definition) is 4. The lowest BCUT2D eigenvalue weighted by Gasteiger charge is -2.22. The Labute approximate surface area is 263 Å². The molecule has 3 aromatic carbocycles. The number of esters is 2. The van der Waals surface area contributed by atoms with Gasteiger partial charge in [0.25, 0.3) is 0 Å². The molecule has 4 rings (SSSR count). The van der Waals surface area contributed by atoms with Crippen LogP contribution in [-0.2, 0) is 23.8 Å². The molecular formula is C33H32N4O9. The van der Waals surface area contributed by atoms with Crippen molar-refractivity contribution < 1.29 is 43.6 Å². The van der Waals surface area contributed by atoms with Crippen LogP contribution in [0, 0.1) is 11.3 Å². The Kier molecular flexibility index (Phi) is 9.23. The zero-order valence-electron chi connectivity index (χ0n) is 25.7. The van der Waals surface area contributed by atoms with Crippen molar-refractivity contribution in [3.8, 4) is 40.0 Å². The molecule has 0 aliphatic rings. The fraction of sp³-hybridized carbons (Fsp3) is 0.242. The van der Waals surface area contributed by atoms with Crippen LogP contribution in [0.2, 0.25) is 0 Å². The van der Waals surface area contributed by atoms with Crippen LogP contribution in [0.25, 0.3) is 33.3 Å². The molecule has 0 spiro atoms. The lowest BCUT2D eigenvalue weighted by atomic mass is 9.88. The summed E-state index contributed by atoms with van der Waals surface area (Å²) in [5.41, 5.74) is 8.33. The van der Waals surface area contributed by atoms with Gasteiger partial charge in [-0.3, -0.25) is 14.4 Å². The first kappa shape index (κ1) is 32.9. The van der Waals surface area contributed by atoms with Crippen molar-refractivity contribution in [2.45, 2.75) is 38.7 Å². The molecule has 1 unspecified atom stereocenters. The number of nitrogens with zero attached hydrogens (tertiary/aromatic N) is 2. The Morgan fingerprint density at radius 1 is 0.957 bits per heavy atom. The van der Waals surface area contributed by atoms with E-state index < -0.39 is 47.6 Å². The summed E-state index contributed by atoms with van der Waals surface area (Å²) in [5, 5.41) is 32.6. The maximum atomic E-state index is 13.0. The molecule has 4 aromatic rings. The van der Waals surface area contributed by atoms with E-state index >= 15 is 0 Å². The second-order valence-corrected chi connectivity index (χ2v) is 11.3. The SMILES string of the molecule is COC(=O)CC(C(=O)OC)c1cc(-c2cc(C(N)=O)ccc2O)c(O)c(-c2cc3cc(C#N)ccc3n2NC(=O)OC(C)(C)C)c1. The normalized spacial score (nSPS) is 11.7. The number of nitriles is 1. The molecule has 0 fully saturated rings. The van der Waals surface area contributed by atoms with Gasteiger partial charge in [-0.1, -0.05) is 0 Å². The number of aromatic nitrogens is 1. The lowest BCUT2D eigenvalue weighted by Crippen LogP contribution is -2.31. The first-order valence-electron chi connectivity index (χ1n) is 13.9. The van der Waals surface area contributed by atoms with Crippen LogP contribution in [0.1, 0.15) is 54.6 Å². The number of aromatic hydroxyl groups is 2. The third-order valence-electron chi connectivity index (χ3n) is 7.00. The number of nitrogens with two attached hydrogens (primary N) is 1. The van der Waals surface area contributed by atoms with Gasteiger partial charge < -0.3 is 30.2 Å².